The Bertz CT molecular complexity index is 328. The Morgan fingerprint density at radius 3 is 1.93 bits per heavy atom. The maximum absolute atomic E-state index is 12.3. The average Bonchev–Trinajstić information content (AvgIpc) is 2.69. The van der Waals surface area contributed by atoms with Gasteiger partial charge in [0.2, 0.25) is 0 Å². The first-order chi connectivity index (χ1) is 7.07. The maximum Gasteiger partial charge on any atom is 0.509 e. The molecule has 5 heteroatoms. The number of rotatable bonds is 2. The van der Waals surface area contributed by atoms with E-state index < -0.39 is 12.4 Å². The Hall–Kier alpha value is -1.13. The molecule has 1 aromatic carbocycles. The normalized spacial score (nSPS) is 17.1. The number of nitrogens with zero attached hydrogens (tertiary/aromatic N) is 1. The third-order valence-electron chi connectivity index (χ3n) is 2.74. The molecule has 0 atom stereocenters. The Balaban J connectivity index is 2.16. The van der Waals surface area contributed by atoms with Gasteiger partial charge in [-0.1, -0.05) is 12.1 Å². The van der Waals surface area contributed by atoms with Gasteiger partial charge in [0.25, 0.3) is 0 Å². The molecule has 0 spiro atoms. The summed E-state index contributed by atoms with van der Waals surface area (Å²) in [5.41, 5.74) is 0.384. The highest BCUT2D eigenvalue weighted by Gasteiger charge is 2.25. The van der Waals surface area contributed by atoms with Gasteiger partial charge in [-0.25, -0.2) is 0 Å². The van der Waals surface area contributed by atoms with Crippen molar-refractivity contribution in [1.82, 2.24) is 0 Å². The van der Waals surface area contributed by atoms with Crippen molar-refractivity contribution in [3.05, 3.63) is 24.3 Å². The molecular weight excluding hydrogens is 202 g/mol. The first-order valence-corrected chi connectivity index (χ1v) is 5.12. The molecule has 0 unspecified atom stereocenters. The molecule has 1 fully saturated rings. The molecule has 0 aromatic heterocycles. The van der Waals surface area contributed by atoms with E-state index in [1.807, 2.05) is 0 Å². The minimum Gasteiger partial charge on any atom is -0.445 e. The summed E-state index contributed by atoms with van der Waals surface area (Å²) in [6, 6.07) is 5.48. The largest absolute Gasteiger partial charge is 0.509 e. The van der Waals surface area contributed by atoms with Crippen LogP contribution in [0.2, 0.25) is 0 Å². The van der Waals surface area contributed by atoms with Crippen LogP contribution in [0.1, 0.15) is 12.8 Å². The Morgan fingerprint density at radius 1 is 0.933 bits per heavy atom. The van der Waals surface area contributed by atoms with Crippen LogP contribution < -0.4 is 10.4 Å². The topological polar surface area (TPSA) is 3.24 Å². The Labute approximate surface area is 86.9 Å². The van der Waals surface area contributed by atoms with Crippen molar-refractivity contribution < 1.29 is 12.9 Å². The molecule has 82 valence electrons. The number of hydrogen-bond donors (Lipinski definition) is 0. The quantitative estimate of drug-likeness (QED) is 0.683. The second-order valence-corrected chi connectivity index (χ2v) is 3.86. The fourth-order valence-electron chi connectivity index (χ4n) is 1.88. The fraction of sp³-hybridized carbons (Fsp3) is 0.400. The van der Waals surface area contributed by atoms with Crippen LogP contribution in [0.5, 0.6) is 0 Å². The predicted molar refractivity (Wildman–Crippen MR) is 56.6 cm³/mol. The van der Waals surface area contributed by atoms with Crippen molar-refractivity contribution >= 4 is 18.1 Å². The average molecular weight is 214 g/mol. The summed E-state index contributed by atoms with van der Waals surface area (Å²) in [5.74, 6) is 0. The van der Waals surface area contributed by atoms with E-state index in [4.69, 9.17) is 0 Å². The van der Waals surface area contributed by atoms with Crippen molar-refractivity contribution in [1.29, 1.82) is 0 Å². The smallest absolute Gasteiger partial charge is 0.445 e. The minimum atomic E-state index is -4.85. The zero-order chi connectivity index (χ0) is 10.9. The lowest BCUT2D eigenvalue weighted by Crippen LogP contribution is -2.33. The van der Waals surface area contributed by atoms with Crippen LogP contribution in [0.3, 0.4) is 0 Å². The molecule has 2 rings (SSSR count). The molecule has 0 aliphatic carbocycles. The zero-order valence-corrected chi connectivity index (χ0v) is 8.30. The Kier molecular flexibility index (Phi) is 2.63. The van der Waals surface area contributed by atoms with Gasteiger partial charge in [-0.3, -0.25) is 0 Å². The van der Waals surface area contributed by atoms with E-state index in [-0.39, 0.29) is 0 Å². The van der Waals surface area contributed by atoms with E-state index in [2.05, 4.69) is 4.90 Å². The van der Waals surface area contributed by atoms with E-state index in [1.165, 1.54) is 12.1 Å². The highest BCUT2D eigenvalue weighted by atomic mass is 19.4. The summed E-state index contributed by atoms with van der Waals surface area (Å²) in [6.07, 6.45) is 2.26. The molecule has 1 aliphatic rings. The minimum absolute atomic E-state index is 0.516. The fourth-order valence-corrected chi connectivity index (χ4v) is 1.88. The number of halogens is 3. The molecule has 1 heterocycles. The van der Waals surface area contributed by atoms with Crippen molar-refractivity contribution in [2.75, 3.05) is 18.0 Å². The summed E-state index contributed by atoms with van der Waals surface area (Å²) >= 11 is 0. The first kappa shape index (κ1) is 10.4. The maximum atomic E-state index is 12.3. The van der Waals surface area contributed by atoms with Crippen molar-refractivity contribution in [2.24, 2.45) is 0 Å². The summed E-state index contributed by atoms with van der Waals surface area (Å²) < 4.78 is 37.0. The lowest BCUT2D eigenvalue weighted by molar-refractivity contribution is 0.501. The van der Waals surface area contributed by atoms with E-state index in [0.717, 1.165) is 31.6 Å². The molecule has 0 radical (unpaired) electrons. The molecule has 15 heavy (non-hydrogen) atoms. The van der Waals surface area contributed by atoms with E-state index in [1.54, 1.807) is 12.1 Å². The van der Waals surface area contributed by atoms with Gasteiger partial charge in [-0.05, 0) is 25.0 Å². The molecule has 1 aliphatic heterocycles. The molecule has 0 N–H and O–H groups in total. The standard InChI is InChI=1S/C10H12BF3N/c12-11(13,14)9-3-5-10(6-4-9)15-7-1-2-8-15/h3-6H,1-2,7-8H2/q-1. The van der Waals surface area contributed by atoms with E-state index in [9.17, 15) is 12.9 Å². The number of benzene rings is 1. The van der Waals surface area contributed by atoms with Crippen LogP contribution in [0.15, 0.2) is 24.3 Å². The highest BCUT2D eigenvalue weighted by molar-refractivity contribution is 6.73. The molecule has 1 nitrogen and oxygen atoms in total. The molecule has 0 bridgehead atoms. The van der Waals surface area contributed by atoms with Crippen molar-refractivity contribution in [3.63, 3.8) is 0 Å². The van der Waals surface area contributed by atoms with Crippen LogP contribution in [0.4, 0.5) is 18.6 Å². The van der Waals surface area contributed by atoms with E-state index >= 15 is 0 Å². The molecule has 1 aromatic rings. The van der Waals surface area contributed by atoms with E-state index in [0.29, 0.717) is 0 Å². The van der Waals surface area contributed by atoms with Gasteiger partial charge < -0.3 is 17.8 Å². The third-order valence-corrected chi connectivity index (χ3v) is 2.74. The van der Waals surface area contributed by atoms with Crippen LogP contribution in [0.25, 0.3) is 0 Å². The second kappa shape index (κ2) is 3.79. The van der Waals surface area contributed by atoms with Crippen LogP contribution >= 0.6 is 0 Å². The highest BCUT2D eigenvalue weighted by Crippen LogP contribution is 2.20. The number of anilines is 1. The van der Waals surface area contributed by atoms with Gasteiger partial charge in [-0.2, -0.15) is 0 Å². The lowest BCUT2D eigenvalue weighted by Gasteiger charge is -2.20. The molecule has 0 saturated carbocycles. The third kappa shape index (κ3) is 2.27. The summed E-state index contributed by atoms with van der Waals surface area (Å²) in [4.78, 5) is 2.12. The molecule has 0 amide bonds. The second-order valence-electron chi connectivity index (χ2n) is 3.86. The lowest BCUT2D eigenvalue weighted by atomic mass is 9.80. The first-order valence-electron chi connectivity index (χ1n) is 5.12. The van der Waals surface area contributed by atoms with Crippen LogP contribution in [0, 0.1) is 0 Å². The zero-order valence-electron chi connectivity index (χ0n) is 8.30. The van der Waals surface area contributed by atoms with Gasteiger partial charge in [0.1, 0.15) is 0 Å². The van der Waals surface area contributed by atoms with Crippen molar-refractivity contribution in [3.8, 4) is 0 Å². The van der Waals surface area contributed by atoms with Gasteiger partial charge >= 0.3 is 6.98 Å². The SMILES string of the molecule is F[B-](F)(F)c1ccc(N2CCCC2)cc1. The molecular formula is C10H12BF3N-. The van der Waals surface area contributed by atoms with Gasteiger partial charge in [0.05, 0.1) is 0 Å². The van der Waals surface area contributed by atoms with Gasteiger partial charge in [0, 0.05) is 18.8 Å². The monoisotopic (exact) mass is 214 g/mol. The molecule has 1 saturated heterocycles. The predicted octanol–water partition coefficient (Wildman–Crippen LogP) is 2.34. The summed E-state index contributed by atoms with van der Waals surface area (Å²) in [6.45, 7) is -2.94. The van der Waals surface area contributed by atoms with Crippen LogP contribution in [-0.4, -0.2) is 20.1 Å². The van der Waals surface area contributed by atoms with Gasteiger partial charge in [0.15, 0.2) is 0 Å². The summed E-state index contributed by atoms with van der Waals surface area (Å²) in [7, 11) is 0. The van der Waals surface area contributed by atoms with Gasteiger partial charge in [-0.15, -0.1) is 5.46 Å². The number of hydrogen-bond acceptors (Lipinski definition) is 1. The Morgan fingerprint density at radius 2 is 1.47 bits per heavy atom. The van der Waals surface area contributed by atoms with Crippen molar-refractivity contribution in [2.45, 2.75) is 12.8 Å². The van der Waals surface area contributed by atoms with Crippen LogP contribution in [-0.2, 0) is 0 Å². The summed E-state index contributed by atoms with van der Waals surface area (Å²) in [5, 5.41) is 0.